The molecule has 2 aromatic rings. The molecule has 1 aliphatic heterocycles. The van der Waals surface area contributed by atoms with Crippen molar-refractivity contribution in [3.63, 3.8) is 0 Å². The zero-order valence-corrected chi connectivity index (χ0v) is 19.1. The molecule has 0 bridgehead atoms. The number of carbonyl (C=O) groups excluding carboxylic acids is 2. The van der Waals surface area contributed by atoms with Gasteiger partial charge in [0.05, 0.1) is 4.90 Å². The third kappa shape index (κ3) is 5.88. The number of hydrogen-bond acceptors (Lipinski definition) is 5. The van der Waals surface area contributed by atoms with Crippen LogP contribution < -0.4 is 5.32 Å². The lowest BCUT2D eigenvalue weighted by Gasteiger charge is -2.13. The number of rotatable bonds is 7. The van der Waals surface area contributed by atoms with Crippen molar-refractivity contribution in [3.8, 4) is 0 Å². The normalized spacial score (nSPS) is 17.7. The van der Waals surface area contributed by atoms with E-state index in [1.807, 2.05) is 0 Å². The molecule has 11 heteroatoms. The topological polar surface area (TPSA) is 95.9 Å². The molecule has 0 aliphatic carbocycles. The fourth-order valence-corrected chi connectivity index (χ4v) is 5.30. The maximum Gasteiger partial charge on any atom is 0.284 e. The van der Waals surface area contributed by atoms with Crippen LogP contribution in [0.2, 0.25) is 10.0 Å². The number of halogens is 2. The Balaban J connectivity index is 1.78. The van der Waals surface area contributed by atoms with Crippen molar-refractivity contribution >= 4 is 67.7 Å². The van der Waals surface area contributed by atoms with Crippen LogP contribution in [0.1, 0.15) is 6.42 Å². The van der Waals surface area contributed by atoms with Crippen molar-refractivity contribution in [1.82, 2.24) is 4.90 Å². The summed E-state index contributed by atoms with van der Waals surface area (Å²) in [5.41, 5.74) is 0.534. The number of carbonyl (C=O) groups is 2. The maximum absolute atomic E-state index is 12.8. The molecule has 0 aromatic heterocycles. The van der Waals surface area contributed by atoms with Crippen LogP contribution in [0.3, 0.4) is 0 Å². The smallest absolute Gasteiger partial charge is 0.284 e. The first kappa shape index (κ1) is 23.3. The molecule has 1 saturated heterocycles. The Bertz CT molecular complexity index is 1130. The summed E-state index contributed by atoms with van der Waals surface area (Å²) in [4.78, 5) is 26.3. The highest BCUT2D eigenvalue weighted by Crippen LogP contribution is 2.31. The van der Waals surface area contributed by atoms with E-state index < -0.39 is 27.1 Å². The van der Waals surface area contributed by atoms with Gasteiger partial charge in [-0.3, -0.25) is 14.5 Å². The van der Waals surface area contributed by atoms with Crippen LogP contribution in [-0.2, 0) is 19.6 Å². The van der Waals surface area contributed by atoms with Gasteiger partial charge in [0.1, 0.15) is 5.25 Å². The molecule has 1 atom stereocenters. The second-order valence-electron chi connectivity index (χ2n) is 6.41. The molecule has 31 heavy (non-hydrogen) atoms. The third-order valence-electron chi connectivity index (χ3n) is 4.14. The highest BCUT2D eigenvalue weighted by Gasteiger charge is 2.39. The van der Waals surface area contributed by atoms with Gasteiger partial charge in [-0.25, -0.2) is 0 Å². The van der Waals surface area contributed by atoms with E-state index in [0.717, 1.165) is 11.8 Å². The zero-order valence-electron chi connectivity index (χ0n) is 16.0. The summed E-state index contributed by atoms with van der Waals surface area (Å²) in [6.07, 6.45) is 1.30. The van der Waals surface area contributed by atoms with E-state index in [-0.39, 0.29) is 23.0 Å². The fraction of sp³-hybridized carbons (Fsp3) is 0.150. The Hall–Kier alpha value is -2.33. The van der Waals surface area contributed by atoms with Gasteiger partial charge in [-0.2, -0.15) is 8.42 Å². The lowest BCUT2D eigenvalue weighted by atomic mass is 10.2. The number of anilines is 1. The minimum atomic E-state index is -4.07. The fourth-order valence-electron chi connectivity index (χ4n) is 2.68. The Kier molecular flexibility index (Phi) is 7.42. The predicted molar refractivity (Wildman–Crippen MR) is 124 cm³/mol. The van der Waals surface area contributed by atoms with Gasteiger partial charge in [-0.15, -0.1) is 11.0 Å². The van der Waals surface area contributed by atoms with Crippen LogP contribution in [0.15, 0.2) is 70.5 Å². The SMILES string of the molecule is C=CCN1C(=O)[C@H](CC(=O)Nc2ccc(Cl)cc2)SC1=NS(=O)(=O)c1ccc(Cl)cc1. The first-order valence-corrected chi connectivity index (χ1v) is 12.0. The average molecular weight is 498 g/mol. The molecule has 2 aromatic carbocycles. The van der Waals surface area contributed by atoms with E-state index in [2.05, 4.69) is 16.3 Å². The summed E-state index contributed by atoms with van der Waals surface area (Å²) in [5, 5.41) is 2.78. The molecular formula is C20H17Cl2N3O4S2. The van der Waals surface area contributed by atoms with E-state index >= 15 is 0 Å². The molecule has 1 aliphatic rings. The van der Waals surface area contributed by atoms with E-state index in [1.54, 1.807) is 24.3 Å². The minimum absolute atomic E-state index is 0.0101. The zero-order chi connectivity index (χ0) is 22.6. The van der Waals surface area contributed by atoms with Crippen molar-refractivity contribution in [2.24, 2.45) is 4.40 Å². The second-order valence-corrected chi connectivity index (χ2v) is 10.1. The monoisotopic (exact) mass is 497 g/mol. The molecule has 2 amide bonds. The van der Waals surface area contributed by atoms with Crippen LogP contribution in [-0.4, -0.2) is 42.1 Å². The average Bonchev–Trinajstić information content (AvgIpc) is 2.98. The Morgan fingerprint density at radius 2 is 1.71 bits per heavy atom. The minimum Gasteiger partial charge on any atom is -0.326 e. The van der Waals surface area contributed by atoms with Crippen LogP contribution in [0.4, 0.5) is 5.69 Å². The Morgan fingerprint density at radius 3 is 2.29 bits per heavy atom. The second kappa shape index (κ2) is 9.86. The van der Waals surface area contributed by atoms with Gasteiger partial charge < -0.3 is 5.32 Å². The maximum atomic E-state index is 12.8. The molecule has 7 nitrogen and oxygen atoms in total. The highest BCUT2D eigenvalue weighted by molar-refractivity contribution is 8.16. The van der Waals surface area contributed by atoms with Crippen LogP contribution in [0.25, 0.3) is 0 Å². The van der Waals surface area contributed by atoms with Crippen LogP contribution in [0.5, 0.6) is 0 Å². The van der Waals surface area contributed by atoms with E-state index in [1.165, 1.54) is 35.2 Å². The summed E-state index contributed by atoms with van der Waals surface area (Å²) < 4.78 is 29.1. The summed E-state index contributed by atoms with van der Waals surface area (Å²) in [6.45, 7) is 3.66. The lowest BCUT2D eigenvalue weighted by molar-refractivity contribution is -0.127. The number of amides is 2. The molecule has 0 saturated carbocycles. The van der Waals surface area contributed by atoms with Crippen molar-refractivity contribution in [2.75, 3.05) is 11.9 Å². The standard InChI is InChI=1S/C20H17Cl2N3O4S2/c1-2-11-25-19(27)17(12-18(26)23-15-7-3-13(21)4-8-15)30-20(25)24-31(28,29)16-9-5-14(22)6-10-16/h2-10,17H,1,11-12H2,(H,23,26)/t17-/m0/s1. The van der Waals surface area contributed by atoms with E-state index in [4.69, 9.17) is 23.2 Å². The summed E-state index contributed by atoms with van der Waals surface area (Å²) in [7, 11) is -4.07. The van der Waals surface area contributed by atoms with Gasteiger partial charge in [-0.1, -0.05) is 41.0 Å². The highest BCUT2D eigenvalue weighted by atomic mass is 35.5. The van der Waals surface area contributed by atoms with Crippen LogP contribution in [0, 0.1) is 0 Å². The Morgan fingerprint density at radius 1 is 1.13 bits per heavy atom. The Labute approximate surface area is 194 Å². The number of thioether (sulfide) groups is 1. The lowest BCUT2D eigenvalue weighted by Crippen LogP contribution is -2.33. The van der Waals surface area contributed by atoms with Crippen molar-refractivity contribution in [3.05, 3.63) is 71.2 Å². The molecule has 0 spiro atoms. The molecule has 162 valence electrons. The summed E-state index contributed by atoms with van der Waals surface area (Å²) in [6, 6.07) is 12.1. The van der Waals surface area contributed by atoms with Gasteiger partial charge >= 0.3 is 0 Å². The summed E-state index contributed by atoms with van der Waals surface area (Å²) >= 11 is 12.6. The van der Waals surface area contributed by atoms with Gasteiger partial charge in [-0.05, 0) is 48.5 Å². The van der Waals surface area contributed by atoms with E-state index in [0.29, 0.717) is 15.7 Å². The van der Waals surface area contributed by atoms with Crippen LogP contribution >= 0.6 is 35.0 Å². The van der Waals surface area contributed by atoms with Crippen molar-refractivity contribution < 1.29 is 18.0 Å². The van der Waals surface area contributed by atoms with Crippen molar-refractivity contribution in [1.29, 1.82) is 0 Å². The molecule has 3 rings (SSSR count). The number of amidine groups is 1. The van der Waals surface area contributed by atoms with Gasteiger partial charge in [0.2, 0.25) is 11.8 Å². The molecule has 1 heterocycles. The summed E-state index contributed by atoms with van der Waals surface area (Å²) in [5.74, 6) is -0.810. The molecule has 1 fully saturated rings. The molecule has 0 radical (unpaired) electrons. The van der Waals surface area contributed by atoms with Gasteiger partial charge in [0.25, 0.3) is 10.0 Å². The number of sulfonamides is 1. The van der Waals surface area contributed by atoms with E-state index in [9.17, 15) is 18.0 Å². The van der Waals surface area contributed by atoms with Crippen molar-refractivity contribution in [2.45, 2.75) is 16.6 Å². The first-order valence-electron chi connectivity index (χ1n) is 8.94. The molecule has 0 unspecified atom stereocenters. The first-order chi connectivity index (χ1) is 14.7. The predicted octanol–water partition coefficient (Wildman–Crippen LogP) is 4.20. The third-order valence-corrected chi connectivity index (χ3v) is 7.22. The largest absolute Gasteiger partial charge is 0.326 e. The molecular weight excluding hydrogens is 481 g/mol. The quantitative estimate of drug-likeness (QED) is 0.578. The number of benzene rings is 2. The number of nitrogens with zero attached hydrogens (tertiary/aromatic N) is 2. The number of hydrogen-bond donors (Lipinski definition) is 1. The van der Waals surface area contributed by atoms with Gasteiger partial charge in [0.15, 0.2) is 5.17 Å². The molecule has 1 N–H and O–H groups in total. The van der Waals surface area contributed by atoms with Gasteiger partial charge in [0, 0.05) is 28.7 Å². The number of nitrogens with one attached hydrogen (secondary N) is 1.